The molecule has 0 radical (unpaired) electrons. The molecule has 0 spiro atoms. The summed E-state index contributed by atoms with van der Waals surface area (Å²) in [7, 11) is 0. The maximum Gasteiger partial charge on any atom is 0.242 e. The number of hydrogen-bond acceptors (Lipinski definition) is 2. The molecule has 0 fully saturated rings. The third-order valence-corrected chi connectivity index (χ3v) is 4.75. The fourth-order valence-corrected chi connectivity index (χ4v) is 3.03. The molecule has 2 aromatic rings. The van der Waals surface area contributed by atoms with Crippen molar-refractivity contribution in [3.63, 3.8) is 0 Å². The molecule has 0 bridgehead atoms. The summed E-state index contributed by atoms with van der Waals surface area (Å²) in [4.78, 5) is 26.6. The van der Waals surface area contributed by atoms with Gasteiger partial charge in [0.1, 0.15) is 11.9 Å². The molecule has 0 saturated heterocycles. The number of benzene rings is 2. The highest BCUT2D eigenvalue weighted by Crippen LogP contribution is 2.19. The van der Waals surface area contributed by atoms with E-state index >= 15 is 0 Å². The van der Waals surface area contributed by atoms with Crippen LogP contribution in [0.2, 0.25) is 5.02 Å². The van der Waals surface area contributed by atoms with Crippen LogP contribution in [-0.2, 0) is 22.6 Å². The molecule has 0 unspecified atom stereocenters. The number of nitrogens with one attached hydrogen (secondary N) is 1. The smallest absolute Gasteiger partial charge is 0.242 e. The van der Waals surface area contributed by atoms with Crippen LogP contribution in [0, 0.1) is 5.82 Å². The molecule has 4 nitrogen and oxygen atoms in total. The topological polar surface area (TPSA) is 49.4 Å². The normalized spacial score (nSPS) is 11.7. The van der Waals surface area contributed by atoms with E-state index in [0.29, 0.717) is 23.6 Å². The Morgan fingerprint density at radius 2 is 1.74 bits per heavy atom. The van der Waals surface area contributed by atoms with Gasteiger partial charge in [-0.05, 0) is 38.0 Å². The van der Waals surface area contributed by atoms with Crippen LogP contribution in [0.15, 0.2) is 48.5 Å². The lowest BCUT2D eigenvalue weighted by atomic mass is 10.1. The SMILES string of the molecule is CCNC(=O)[C@H](C)N(Cc1ccccc1F)C(=O)CCc1ccccc1Cl. The molecule has 0 aliphatic heterocycles. The van der Waals surface area contributed by atoms with Gasteiger partial charge < -0.3 is 10.2 Å². The number of carbonyl (C=O) groups excluding carboxylic acids is 2. The fraction of sp³-hybridized carbons (Fsp3) is 0.333. The zero-order valence-corrected chi connectivity index (χ0v) is 16.3. The lowest BCUT2D eigenvalue weighted by Crippen LogP contribution is -2.47. The predicted octanol–water partition coefficient (Wildman–Crippen LogP) is 3.97. The minimum Gasteiger partial charge on any atom is -0.355 e. The van der Waals surface area contributed by atoms with E-state index in [1.54, 1.807) is 31.2 Å². The number of nitrogens with zero attached hydrogens (tertiary/aromatic N) is 1. The summed E-state index contributed by atoms with van der Waals surface area (Å²) in [5, 5.41) is 3.32. The van der Waals surface area contributed by atoms with Gasteiger partial charge >= 0.3 is 0 Å². The van der Waals surface area contributed by atoms with Crippen LogP contribution < -0.4 is 5.32 Å². The zero-order valence-electron chi connectivity index (χ0n) is 15.5. The van der Waals surface area contributed by atoms with E-state index in [-0.39, 0.29) is 24.8 Å². The lowest BCUT2D eigenvalue weighted by Gasteiger charge is -2.29. The van der Waals surface area contributed by atoms with Gasteiger partial charge in [-0.15, -0.1) is 0 Å². The van der Waals surface area contributed by atoms with Gasteiger partial charge in [0, 0.05) is 30.1 Å². The molecular weight excluding hydrogens is 367 g/mol. The number of halogens is 2. The van der Waals surface area contributed by atoms with Crippen molar-refractivity contribution in [3.05, 3.63) is 70.5 Å². The van der Waals surface area contributed by atoms with Crippen molar-refractivity contribution in [2.24, 2.45) is 0 Å². The highest BCUT2D eigenvalue weighted by molar-refractivity contribution is 6.31. The highest BCUT2D eigenvalue weighted by atomic mass is 35.5. The Labute approximate surface area is 164 Å². The van der Waals surface area contributed by atoms with Gasteiger partial charge in [-0.3, -0.25) is 9.59 Å². The Balaban J connectivity index is 2.17. The van der Waals surface area contributed by atoms with E-state index in [9.17, 15) is 14.0 Å². The van der Waals surface area contributed by atoms with Crippen molar-refractivity contribution in [1.29, 1.82) is 0 Å². The van der Waals surface area contributed by atoms with E-state index in [1.807, 2.05) is 25.1 Å². The van der Waals surface area contributed by atoms with Crippen LogP contribution in [-0.4, -0.2) is 29.3 Å². The molecule has 6 heteroatoms. The van der Waals surface area contributed by atoms with Crippen LogP contribution in [0.1, 0.15) is 31.4 Å². The fourth-order valence-electron chi connectivity index (χ4n) is 2.80. The Morgan fingerprint density at radius 1 is 1.11 bits per heavy atom. The summed E-state index contributed by atoms with van der Waals surface area (Å²) >= 11 is 6.15. The standard InChI is InChI=1S/C21H24ClFN2O2/c1-3-24-21(27)15(2)25(14-17-9-5-7-11-19(17)23)20(26)13-12-16-8-4-6-10-18(16)22/h4-11,15H,3,12-14H2,1-2H3,(H,24,27)/t15-/m0/s1. The van der Waals surface area contributed by atoms with E-state index < -0.39 is 11.9 Å². The Bertz CT molecular complexity index is 797. The average Bonchev–Trinajstić information content (AvgIpc) is 2.66. The molecule has 2 amide bonds. The van der Waals surface area contributed by atoms with Gasteiger partial charge in [-0.2, -0.15) is 0 Å². The van der Waals surface area contributed by atoms with Crippen molar-refractivity contribution in [3.8, 4) is 0 Å². The van der Waals surface area contributed by atoms with Crippen LogP contribution in [0.5, 0.6) is 0 Å². The van der Waals surface area contributed by atoms with Gasteiger partial charge in [-0.1, -0.05) is 48.0 Å². The van der Waals surface area contributed by atoms with Crippen molar-refractivity contribution >= 4 is 23.4 Å². The van der Waals surface area contributed by atoms with E-state index in [0.717, 1.165) is 5.56 Å². The van der Waals surface area contributed by atoms with Gasteiger partial charge in [0.15, 0.2) is 0 Å². The van der Waals surface area contributed by atoms with E-state index in [1.165, 1.54) is 11.0 Å². The number of aryl methyl sites for hydroxylation is 1. The first kappa shape index (κ1) is 20.9. The summed E-state index contributed by atoms with van der Waals surface area (Å²) in [6.07, 6.45) is 0.635. The average molecular weight is 391 g/mol. The highest BCUT2D eigenvalue weighted by Gasteiger charge is 2.26. The third-order valence-electron chi connectivity index (χ3n) is 4.38. The maximum atomic E-state index is 14.1. The molecule has 1 atom stereocenters. The van der Waals surface area contributed by atoms with E-state index in [2.05, 4.69) is 5.32 Å². The second-order valence-corrected chi connectivity index (χ2v) is 6.68. The summed E-state index contributed by atoms with van der Waals surface area (Å²) in [5.41, 5.74) is 1.24. The number of amides is 2. The molecule has 2 rings (SSSR count). The van der Waals surface area contributed by atoms with Crippen molar-refractivity contribution in [2.75, 3.05) is 6.54 Å². The van der Waals surface area contributed by atoms with Gasteiger partial charge in [0.25, 0.3) is 0 Å². The summed E-state index contributed by atoms with van der Waals surface area (Å²) in [5.74, 6) is -0.888. The second kappa shape index (κ2) is 10.1. The number of carbonyl (C=O) groups is 2. The van der Waals surface area contributed by atoms with E-state index in [4.69, 9.17) is 11.6 Å². The van der Waals surface area contributed by atoms with Crippen LogP contribution >= 0.6 is 11.6 Å². The molecule has 0 aliphatic rings. The van der Waals surface area contributed by atoms with Crippen LogP contribution in [0.25, 0.3) is 0 Å². The number of likely N-dealkylation sites (N-methyl/N-ethyl adjacent to an activating group) is 1. The zero-order chi connectivity index (χ0) is 19.8. The molecule has 1 N–H and O–H groups in total. The lowest BCUT2D eigenvalue weighted by molar-refractivity contribution is -0.140. The second-order valence-electron chi connectivity index (χ2n) is 6.28. The predicted molar refractivity (Wildman–Crippen MR) is 105 cm³/mol. The molecule has 0 saturated carbocycles. The Kier molecular flexibility index (Phi) is 7.80. The largest absolute Gasteiger partial charge is 0.355 e. The molecule has 144 valence electrons. The van der Waals surface area contributed by atoms with Crippen molar-refractivity contribution in [2.45, 2.75) is 39.3 Å². The summed E-state index contributed by atoms with van der Waals surface area (Å²) in [6.45, 7) is 3.96. The molecule has 0 heterocycles. The minimum absolute atomic E-state index is 0.0341. The Hall–Kier alpha value is -2.40. The molecular formula is C21H24ClFN2O2. The monoisotopic (exact) mass is 390 g/mol. The Morgan fingerprint density at radius 3 is 2.37 bits per heavy atom. The minimum atomic E-state index is -0.705. The van der Waals surface area contributed by atoms with Gasteiger partial charge in [0.05, 0.1) is 0 Å². The van der Waals surface area contributed by atoms with Gasteiger partial charge in [0.2, 0.25) is 11.8 Å². The number of rotatable bonds is 8. The molecule has 0 aromatic heterocycles. The van der Waals surface area contributed by atoms with Crippen LogP contribution in [0.3, 0.4) is 0 Å². The first-order chi connectivity index (χ1) is 12.9. The first-order valence-corrected chi connectivity index (χ1v) is 9.35. The van der Waals surface area contributed by atoms with Gasteiger partial charge in [-0.25, -0.2) is 4.39 Å². The summed E-state index contributed by atoms with van der Waals surface area (Å²) < 4.78 is 14.1. The quantitative estimate of drug-likeness (QED) is 0.741. The number of hydrogen-bond donors (Lipinski definition) is 1. The van der Waals surface area contributed by atoms with Crippen LogP contribution in [0.4, 0.5) is 4.39 Å². The molecule has 0 aliphatic carbocycles. The van der Waals surface area contributed by atoms with Crippen molar-refractivity contribution in [1.82, 2.24) is 10.2 Å². The first-order valence-electron chi connectivity index (χ1n) is 8.98. The maximum absolute atomic E-state index is 14.1. The third kappa shape index (κ3) is 5.79. The van der Waals surface area contributed by atoms with Crippen molar-refractivity contribution < 1.29 is 14.0 Å². The molecule has 2 aromatic carbocycles. The molecule has 27 heavy (non-hydrogen) atoms. The summed E-state index contributed by atoms with van der Waals surface area (Å²) in [6, 6.07) is 12.9.